The smallest absolute Gasteiger partial charge is 0.224 e. The van der Waals surface area contributed by atoms with Crippen molar-refractivity contribution in [3.63, 3.8) is 0 Å². The van der Waals surface area contributed by atoms with E-state index >= 15 is 0 Å². The largest absolute Gasteiger partial charge is 0.353 e. The number of nitrogens with one attached hydrogen (secondary N) is 1. The maximum atomic E-state index is 11.9. The molecule has 0 aromatic carbocycles. The van der Waals surface area contributed by atoms with Crippen LogP contribution in [0.15, 0.2) is 17.5 Å². The molecular formula is C12H17NO3S2. The van der Waals surface area contributed by atoms with Crippen molar-refractivity contribution in [2.24, 2.45) is 5.92 Å². The van der Waals surface area contributed by atoms with Crippen LogP contribution in [0.3, 0.4) is 0 Å². The normalized spacial score (nSPS) is 23.7. The van der Waals surface area contributed by atoms with Crippen LogP contribution in [0.5, 0.6) is 0 Å². The van der Waals surface area contributed by atoms with Crippen molar-refractivity contribution in [2.75, 3.05) is 11.5 Å². The summed E-state index contributed by atoms with van der Waals surface area (Å²) in [5, 5.41) is 4.91. The third kappa shape index (κ3) is 3.55. The highest BCUT2D eigenvalue weighted by molar-refractivity contribution is 7.91. The fraction of sp³-hybridized carbons (Fsp3) is 0.583. The molecule has 0 saturated carbocycles. The van der Waals surface area contributed by atoms with E-state index in [1.807, 2.05) is 24.4 Å². The average Bonchev–Trinajstić information content (AvgIpc) is 2.87. The monoisotopic (exact) mass is 287 g/mol. The first-order valence-corrected chi connectivity index (χ1v) is 8.69. The third-order valence-corrected chi connectivity index (χ3v) is 5.75. The van der Waals surface area contributed by atoms with E-state index in [1.165, 1.54) is 4.88 Å². The first-order chi connectivity index (χ1) is 8.46. The predicted octanol–water partition coefficient (Wildman–Crippen LogP) is 1.23. The molecule has 1 aliphatic heterocycles. The average molecular weight is 287 g/mol. The van der Waals surface area contributed by atoms with Crippen molar-refractivity contribution < 1.29 is 13.2 Å². The number of hydrogen-bond acceptors (Lipinski definition) is 4. The van der Waals surface area contributed by atoms with E-state index in [4.69, 9.17) is 0 Å². The van der Waals surface area contributed by atoms with Crippen molar-refractivity contribution in [2.45, 2.75) is 25.8 Å². The van der Waals surface area contributed by atoms with E-state index in [0.29, 0.717) is 6.42 Å². The van der Waals surface area contributed by atoms with Crippen LogP contribution in [0.25, 0.3) is 0 Å². The minimum absolute atomic E-state index is 0.00452. The standard InChI is InChI=1S/C12H17NO3S2/c1-9(7-11-3-2-5-17-11)13-12(14)10-4-6-18(15,16)8-10/h2-3,5,9-10H,4,6-8H2,1H3,(H,13,14)/t9-,10+/m1/s1. The Morgan fingerprint density at radius 1 is 1.61 bits per heavy atom. The van der Waals surface area contributed by atoms with E-state index in [1.54, 1.807) is 11.3 Å². The molecule has 0 bridgehead atoms. The first kappa shape index (κ1) is 13.5. The Morgan fingerprint density at radius 3 is 2.94 bits per heavy atom. The Balaban J connectivity index is 1.84. The van der Waals surface area contributed by atoms with Gasteiger partial charge in [0.15, 0.2) is 9.84 Å². The van der Waals surface area contributed by atoms with Gasteiger partial charge in [-0.2, -0.15) is 0 Å². The first-order valence-electron chi connectivity index (χ1n) is 5.99. The van der Waals surface area contributed by atoms with E-state index in [2.05, 4.69) is 5.32 Å². The van der Waals surface area contributed by atoms with Gasteiger partial charge in [-0.3, -0.25) is 4.79 Å². The molecule has 4 nitrogen and oxygen atoms in total. The van der Waals surface area contributed by atoms with Crippen molar-refractivity contribution in [3.8, 4) is 0 Å². The fourth-order valence-corrected chi connectivity index (χ4v) is 4.72. The summed E-state index contributed by atoms with van der Waals surface area (Å²) in [4.78, 5) is 13.1. The van der Waals surface area contributed by atoms with Crippen molar-refractivity contribution in [1.82, 2.24) is 5.32 Å². The Bertz CT molecular complexity index is 507. The summed E-state index contributed by atoms with van der Waals surface area (Å²) in [6, 6.07) is 4.06. The zero-order chi connectivity index (χ0) is 13.2. The summed E-state index contributed by atoms with van der Waals surface area (Å²) in [5.41, 5.74) is 0. The van der Waals surface area contributed by atoms with E-state index in [-0.39, 0.29) is 29.4 Å². The highest BCUT2D eigenvalue weighted by Crippen LogP contribution is 2.19. The van der Waals surface area contributed by atoms with Gasteiger partial charge in [0.05, 0.1) is 17.4 Å². The molecule has 1 aromatic heterocycles. The second kappa shape index (κ2) is 5.40. The summed E-state index contributed by atoms with van der Waals surface area (Å²) in [6.07, 6.45) is 1.25. The summed E-state index contributed by atoms with van der Waals surface area (Å²) >= 11 is 1.66. The topological polar surface area (TPSA) is 63.2 Å². The lowest BCUT2D eigenvalue weighted by atomic mass is 10.1. The summed E-state index contributed by atoms with van der Waals surface area (Å²) in [5.74, 6) is -0.337. The minimum Gasteiger partial charge on any atom is -0.353 e. The lowest BCUT2D eigenvalue weighted by Crippen LogP contribution is -2.38. The summed E-state index contributed by atoms with van der Waals surface area (Å²) in [6.45, 7) is 1.95. The van der Waals surface area contributed by atoms with Gasteiger partial charge >= 0.3 is 0 Å². The number of amides is 1. The zero-order valence-electron chi connectivity index (χ0n) is 10.3. The molecule has 1 N–H and O–H groups in total. The molecule has 2 heterocycles. The van der Waals surface area contributed by atoms with E-state index in [0.717, 1.165) is 6.42 Å². The Labute approximate surface area is 111 Å². The summed E-state index contributed by atoms with van der Waals surface area (Å²) < 4.78 is 22.6. The van der Waals surface area contributed by atoms with Gasteiger partial charge in [-0.1, -0.05) is 6.07 Å². The molecule has 0 aliphatic carbocycles. The molecule has 6 heteroatoms. The molecule has 1 amide bonds. The van der Waals surface area contributed by atoms with Crippen LogP contribution in [0.4, 0.5) is 0 Å². The van der Waals surface area contributed by atoms with Crippen LogP contribution in [0.1, 0.15) is 18.2 Å². The molecular weight excluding hydrogens is 270 g/mol. The van der Waals surface area contributed by atoms with Crippen LogP contribution < -0.4 is 5.32 Å². The minimum atomic E-state index is -2.98. The molecule has 0 unspecified atom stereocenters. The lowest BCUT2D eigenvalue weighted by Gasteiger charge is -2.15. The van der Waals surface area contributed by atoms with E-state index in [9.17, 15) is 13.2 Å². The van der Waals surface area contributed by atoms with Crippen molar-refractivity contribution in [3.05, 3.63) is 22.4 Å². The highest BCUT2D eigenvalue weighted by atomic mass is 32.2. The predicted molar refractivity (Wildman–Crippen MR) is 72.4 cm³/mol. The van der Waals surface area contributed by atoms with Gasteiger partial charge in [0, 0.05) is 17.3 Å². The van der Waals surface area contributed by atoms with Crippen LogP contribution in [0.2, 0.25) is 0 Å². The highest BCUT2D eigenvalue weighted by Gasteiger charge is 2.33. The van der Waals surface area contributed by atoms with Crippen LogP contribution in [0, 0.1) is 5.92 Å². The van der Waals surface area contributed by atoms with Gasteiger partial charge in [0.2, 0.25) is 5.91 Å². The molecule has 1 aromatic rings. The maximum absolute atomic E-state index is 11.9. The Hall–Kier alpha value is -0.880. The van der Waals surface area contributed by atoms with Gasteiger partial charge in [-0.05, 0) is 24.8 Å². The fourth-order valence-electron chi connectivity index (χ4n) is 2.14. The number of hydrogen-bond donors (Lipinski definition) is 1. The van der Waals surface area contributed by atoms with E-state index < -0.39 is 9.84 Å². The maximum Gasteiger partial charge on any atom is 0.224 e. The van der Waals surface area contributed by atoms with Gasteiger partial charge in [0.1, 0.15) is 0 Å². The molecule has 0 spiro atoms. The van der Waals surface area contributed by atoms with Crippen LogP contribution >= 0.6 is 11.3 Å². The number of thiophene rings is 1. The molecule has 0 radical (unpaired) electrons. The van der Waals surface area contributed by atoms with Gasteiger partial charge in [-0.15, -0.1) is 11.3 Å². The second-order valence-corrected chi connectivity index (χ2v) is 8.05. The summed E-state index contributed by atoms with van der Waals surface area (Å²) in [7, 11) is -2.98. The molecule has 2 atom stereocenters. The molecule has 1 aliphatic rings. The molecule has 1 saturated heterocycles. The molecule has 2 rings (SSSR count). The Morgan fingerprint density at radius 2 is 2.39 bits per heavy atom. The van der Waals surface area contributed by atoms with Gasteiger partial charge in [0.25, 0.3) is 0 Å². The van der Waals surface area contributed by atoms with Crippen molar-refractivity contribution >= 4 is 27.1 Å². The Kier molecular flexibility index (Phi) is 4.07. The number of carbonyl (C=O) groups excluding carboxylic acids is 1. The van der Waals surface area contributed by atoms with Crippen LogP contribution in [-0.4, -0.2) is 31.9 Å². The quantitative estimate of drug-likeness (QED) is 0.906. The number of sulfone groups is 1. The van der Waals surface area contributed by atoms with Crippen LogP contribution in [-0.2, 0) is 21.1 Å². The SMILES string of the molecule is C[C@H](Cc1cccs1)NC(=O)[C@H]1CCS(=O)(=O)C1. The molecule has 18 heavy (non-hydrogen) atoms. The van der Waals surface area contributed by atoms with Gasteiger partial charge in [-0.25, -0.2) is 8.42 Å². The molecule has 100 valence electrons. The number of carbonyl (C=O) groups is 1. The lowest BCUT2D eigenvalue weighted by molar-refractivity contribution is -0.124. The van der Waals surface area contributed by atoms with Gasteiger partial charge < -0.3 is 5.32 Å². The second-order valence-electron chi connectivity index (χ2n) is 4.79. The molecule has 1 fully saturated rings. The zero-order valence-corrected chi connectivity index (χ0v) is 11.9. The van der Waals surface area contributed by atoms with Crippen molar-refractivity contribution in [1.29, 1.82) is 0 Å². The third-order valence-electron chi connectivity index (χ3n) is 3.08. The number of rotatable bonds is 4.